The molecule has 1 aromatic heterocycles. The molecule has 3 N–H and O–H groups in total. The molecule has 6 heteroatoms. The second kappa shape index (κ2) is 7.24. The maximum absolute atomic E-state index is 12.3. The van der Waals surface area contributed by atoms with E-state index in [4.69, 9.17) is 10.2 Å². The van der Waals surface area contributed by atoms with Gasteiger partial charge < -0.3 is 10.2 Å². The Morgan fingerprint density at radius 3 is 2.40 bits per heavy atom. The Morgan fingerprint density at radius 1 is 1.20 bits per heavy atom. The molecule has 0 aliphatic carbocycles. The third-order valence-corrected chi connectivity index (χ3v) is 4.95. The van der Waals surface area contributed by atoms with Crippen molar-refractivity contribution in [2.75, 3.05) is 6.54 Å². The number of aryl methyl sites for hydroxylation is 2. The van der Waals surface area contributed by atoms with Gasteiger partial charge in [0.05, 0.1) is 0 Å². The Bertz CT molecular complexity index is 533. The first-order valence-electron chi connectivity index (χ1n) is 7.08. The average Bonchev–Trinajstić information content (AvgIpc) is 2.63. The van der Waals surface area contributed by atoms with E-state index in [1.807, 2.05) is 0 Å². The number of rotatable bonds is 8. The lowest BCUT2D eigenvalue weighted by Gasteiger charge is -2.08. The molecule has 0 fully saturated rings. The zero-order valence-electron chi connectivity index (χ0n) is 12.8. The van der Waals surface area contributed by atoms with Gasteiger partial charge in [-0.25, -0.2) is 13.1 Å². The van der Waals surface area contributed by atoms with Crippen molar-refractivity contribution < 1.29 is 12.8 Å². The fourth-order valence-electron chi connectivity index (χ4n) is 2.25. The van der Waals surface area contributed by atoms with Gasteiger partial charge in [0.15, 0.2) is 0 Å². The highest BCUT2D eigenvalue weighted by Gasteiger charge is 2.25. The number of nitrogens with two attached hydrogens (primary N) is 1. The third kappa shape index (κ3) is 4.33. The first kappa shape index (κ1) is 17.2. The third-order valence-electron chi connectivity index (χ3n) is 3.30. The molecule has 0 unspecified atom stereocenters. The second-order valence-electron chi connectivity index (χ2n) is 5.51. The number of furan rings is 1. The lowest BCUT2D eigenvalue weighted by atomic mass is 10.1. The van der Waals surface area contributed by atoms with E-state index >= 15 is 0 Å². The summed E-state index contributed by atoms with van der Waals surface area (Å²) in [6.45, 7) is 8.32. The van der Waals surface area contributed by atoms with Gasteiger partial charge >= 0.3 is 0 Å². The fraction of sp³-hybridized carbons (Fsp3) is 0.714. The molecule has 0 aliphatic heterocycles. The summed E-state index contributed by atoms with van der Waals surface area (Å²) < 4.78 is 32.7. The highest BCUT2D eigenvalue weighted by atomic mass is 32.2. The Kier molecular flexibility index (Phi) is 6.23. The van der Waals surface area contributed by atoms with Crippen molar-refractivity contribution in [2.45, 2.75) is 58.4 Å². The zero-order valence-corrected chi connectivity index (χ0v) is 13.6. The summed E-state index contributed by atoms with van der Waals surface area (Å²) in [7, 11) is -3.54. The summed E-state index contributed by atoms with van der Waals surface area (Å²) in [5, 5.41) is 0. The minimum Gasteiger partial charge on any atom is -0.465 e. The summed E-state index contributed by atoms with van der Waals surface area (Å²) in [6.07, 6.45) is 2.97. The standard InChI is InChI=1S/C14H26N2O3S/c1-10(2)7-5-6-8-16-20(17,18)14-12(4)19-11(3)13(14)9-15/h10,16H,5-9,15H2,1-4H3. The number of nitrogens with one attached hydrogen (secondary N) is 1. The van der Waals surface area contributed by atoms with E-state index in [1.54, 1.807) is 13.8 Å². The van der Waals surface area contributed by atoms with E-state index in [-0.39, 0.29) is 11.4 Å². The van der Waals surface area contributed by atoms with Gasteiger partial charge in [-0.05, 0) is 26.2 Å². The first-order valence-corrected chi connectivity index (χ1v) is 8.56. The van der Waals surface area contributed by atoms with Crippen LogP contribution in [0.25, 0.3) is 0 Å². The summed E-state index contributed by atoms with van der Waals surface area (Å²) in [6, 6.07) is 0. The van der Waals surface area contributed by atoms with Gasteiger partial charge in [-0.2, -0.15) is 0 Å². The molecule has 0 aromatic carbocycles. The fourth-order valence-corrected chi connectivity index (χ4v) is 3.78. The van der Waals surface area contributed by atoms with Crippen molar-refractivity contribution >= 4 is 10.0 Å². The average molecular weight is 302 g/mol. The predicted octanol–water partition coefficient (Wildman–Crippen LogP) is 2.46. The lowest BCUT2D eigenvalue weighted by molar-refractivity contribution is 0.493. The van der Waals surface area contributed by atoms with Crippen LogP contribution in [-0.4, -0.2) is 15.0 Å². The Labute approximate surface area is 122 Å². The van der Waals surface area contributed by atoms with Crippen LogP contribution >= 0.6 is 0 Å². The van der Waals surface area contributed by atoms with Crippen LogP contribution in [-0.2, 0) is 16.6 Å². The van der Waals surface area contributed by atoms with Crippen LogP contribution in [0.15, 0.2) is 9.31 Å². The quantitative estimate of drug-likeness (QED) is 0.722. The van der Waals surface area contributed by atoms with E-state index in [9.17, 15) is 8.42 Å². The van der Waals surface area contributed by atoms with Gasteiger partial charge in [-0.1, -0.05) is 26.7 Å². The SMILES string of the molecule is Cc1oc(C)c(S(=O)(=O)NCCCCC(C)C)c1CN. The molecule has 20 heavy (non-hydrogen) atoms. The van der Waals surface area contributed by atoms with Crippen molar-refractivity contribution in [3.8, 4) is 0 Å². The Balaban J connectivity index is 2.70. The molecule has 0 atom stereocenters. The van der Waals surface area contributed by atoms with Gasteiger partial charge in [0, 0.05) is 18.7 Å². The number of hydrogen-bond acceptors (Lipinski definition) is 4. The highest BCUT2D eigenvalue weighted by molar-refractivity contribution is 7.89. The van der Waals surface area contributed by atoms with E-state index in [1.165, 1.54) is 0 Å². The van der Waals surface area contributed by atoms with Crippen LogP contribution in [0.3, 0.4) is 0 Å². The molecule has 1 heterocycles. The number of hydrogen-bond donors (Lipinski definition) is 2. The second-order valence-corrected chi connectivity index (χ2v) is 7.22. The maximum Gasteiger partial charge on any atom is 0.244 e. The van der Waals surface area contributed by atoms with Gasteiger partial charge in [0.25, 0.3) is 0 Å². The normalized spacial score (nSPS) is 12.3. The zero-order chi connectivity index (χ0) is 15.3. The molecule has 0 bridgehead atoms. The van der Waals surface area contributed by atoms with E-state index < -0.39 is 10.0 Å². The molecule has 0 aliphatic rings. The van der Waals surface area contributed by atoms with Crippen molar-refractivity contribution in [3.05, 3.63) is 17.1 Å². The molecule has 0 radical (unpaired) electrons. The lowest BCUT2D eigenvalue weighted by Crippen LogP contribution is -2.26. The minimum absolute atomic E-state index is 0.159. The predicted molar refractivity (Wildman–Crippen MR) is 80.0 cm³/mol. The highest BCUT2D eigenvalue weighted by Crippen LogP contribution is 2.25. The molecule has 1 aromatic rings. The van der Waals surface area contributed by atoms with Crippen LogP contribution in [0.5, 0.6) is 0 Å². The van der Waals surface area contributed by atoms with E-state index in [0.29, 0.717) is 29.5 Å². The molecule has 5 nitrogen and oxygen atoms in total. The van der Waals surface area contributed by atoms with Crippen molar-refractivity contribution in [1.29, 1.82) is 0 Å². The molecule has 0 saturated carbocycles. The topological polar surface area (TPSA) is 85.3 Å². The van der Waals surface area contributed by atoms with Gasteiger partial charge in [0.1, 0.15) is 16.4 Å². The molecule has 1 rings (SSSR count). The van der Waals surface area contributed by atoms with Crippen LogP contribution < -0.4 is 10.5 Å². The summed E-state index contributed by atoms with van der Waals surface area (Å²) in [5.41, 5.74) is 6.19. The summed E-state index contributed by atoms with van der Waals surface area (Å²) in [4.78, 5) is 0.210. The maximum atomic E-state index is 12.3. The molecular weight excluding hydrogens is 276 g/mol. The minimum atomic E-state index is -3.54. The molecule has 0 amide bonds. The van der Waals surface area contributed by atoms with E-state index in [0.717, 1.165) is 19.3 Å². The van der Waals surface area contributed by atoms with Crippen molar-refractivity contribution in [3.63, 3.8) is 0 Å². The van der Waals surface area contributed by atoms with Crippen LogP contribution in [0.4, 0.5) is 0 Å². The Morgan fingerprint density at radius 2 is 1.85 bits per heavy atom. The summed E-state index contributed by atoms with van der Waals surface area (Å²) >= 11 is 0. The van der Waals surface area contributed by atoms with Gasteiger partial charge in [0.2, 0.25) is 10.0 Å². The van der Waals surface area contributed by atoms with Gasteiger partial charge in [-0.3, -0.25) is 0 Å². The smallest absolute Gasteiger partial charge is 0.244 e. The Hall–Kier alpha value is -0.850. The summed E-state index contributed by atoms with van der Waals surface area (Å²) in [5.74, 6) is 1.62. The van der Waals surface area contributed by atoms with Crippen LogP contribution in [0, 0.1) is 19.8 Å². The molecular formula is C14H26N2O3S. The first-order chi connectivity index (χ1) is 9.29. The van der Waals surface area contributed by atoms with Crippen molar-refractivity contribution in [1.82, 2.24) is 4.72 Å². The van der Waals surface area contributed by atoms with Crippen molar-refractivity contribution in [2.24, 2.45) is 11.7 Å². The molecule has 0 saturated heterocycles. The molecule has 0 spiro atoms. The largest absolute Gasteiger partial charge is 0.465 e. The molecule has 116 valence electrons. The van der Waals surface area contributed by atoms with E-state index in [2.05, 4.69) is 18.6 Å². The van der Waals surface area contributed by atoms with Crippen LogP contribution in [0.2, 0.25) is 0 Å². The monoisotopic (exact) mass is 302 g/mol. The van der Waals surface area contributed by atoms with Gasteiger partial charge in [-0.15, -0.1) is 0 Å². The van der Waals surface area contributed by atoms with Crippen LogP contribution in [0.1, 0.15) is 50.2 Å². The number of unbranched alkanes of at least 4 members (excludes halogenated alkanes) is 1. The number of sulfonamides is 1.